The van der Waals surface area contributed by atoms with Crippen molar-refractivity contribution in [2.24, 2.45) is 7.05 Å². The van der Waals surface area contributed by atoms with Gasteiger partial charge in [-0.1, -0.05) is 6.07 Å². The predicted molar refractivity (Wildman–Crippen MR) is 107 cm³/mol. The molecule has 1 aliphatic rings. The molecule has 4 rings (SSSR count). The van der Waals surface area contributed by atoms with Gasteiger partial charge in [0.25, 0.3) is 5.91 Å². The fourth-order valence-corrected chi connectivity index (χ4v) is 3.40. The Labute approximate surface area is 167 Å². The van der Waals surface area contributed by atoms with E-state index in [0.717, 1.165) is 30.5 Å². The van der Waals surface area contributed by atoms with E-state index in [2.05, 4.69) is 25.7 Å². The summed E-state index contributed by atoms with van der Waals surface area (Å²) in [5, 5.41) is 10.3. The Balaban J connectivity index is 1.65. The van der Waals surface area contributed by atoms with E-state index in [1.54, 1.807) is 23.0 Å². The molecular weight excluding hydrogens is 373 g/mol. The fourth-order valence-electron chi connectivity index (χ4n) is 3.40. The van der Waals surface area contributed by atoms with Crippen LogP contribution in [0.15, 0.2) is 36.8 Å². The molecule has 0 spiro atoms. The Kier molecular flexibility index (Phi) is 5.22. The lowest BCUT2D eigenvalue weighted by atomic mass is 10.0. The number of benzene rings is 1. The number of amides is 1. The Morgan fingerprint density at radius 3 is 2.93 bits per heavy atom. The van der Waals surface area contributed by atoms with Crippen LogP contribution in [0.4, 0.5) is 10.2 Å². The monoisotopic (exact) mass is 395 g/mol. The number of carbonyl (C=O) groups excluding carboxylic acids is 1. The molecule has 3 heterocycles. The minimum Gasteiger partial charge on any atom is -0.382 e. The molecule has 1 aliphatic heterocycles. The average molecular weight is 395 g/mol. The standard InChI is InChI=1S/C20H22FN7O/c1-28-11-13(8-25-28)12-4-5-16(21)15(7-12)17-10-24-19(22)18(27-17)20(29)26-14-3-2-6-23-9-14/h4-5,7-8,10-11,14,23H,2-3,6,9H2,1H3,(H2,22,24)(H,26,29)/t14-/m0/s1. The molecule has 8 nitrogen and oxygen atoms in total. The molecule has 0 aliphatic carbocycles. The summed E-state index contributed by atoms with van der Waals surface area (Å²) in [6, 6.07) is 4.71. The van der Waals surface area contributed by atoms with E-state index in [1.807, 2.05) is 13.2 Å². The summed E-state index contributed by atoms with van der Waals surface area (Å²) >= 11 is 0. The first-order valence-electron chi connectivity index (χ1n) is 9.44. The maximum absolute atomic E-state index is 14.6. The third kappa shape index (κ3) is 4.09. The third-order valence-electron chi connectivity index (χ3n) is 4.93. The topological polar surface area (TPSA) is 111 Å². The first-order valence-corrected chi connectivity index (χ1v) is 9.44. The maximum Gasteiger partial charge on any atom is 0.274 e. The van der Waals surface area contributed by atoms with Gasteiger partial charge in [0.15, 0.2) is 11.5 Å². The number of nitrogens with two attached hydrogens (primary N) is 1. The maximum atomic E-state index is 14.6. The van der Waals surface area contributed by atoms with Gasteiger partial charge in [0, 0.05) is 37.0 Å². The third-order valence-corrected chi connectivity index (χ3v) is 4.93. The molecule has 9 heteroatoms. The van der Waals surface area contributed by atoms with Crippen molar-refractivity contribution in [3.63, 3.8) is 0 Å². The molecule has 0 bridgehead atoms. The second kappa shape index (κ2) is 7.96. The van der Waals surface area contributed by atoms with Crippen LogP contribution in [0.3, 0.4) is 0 Å². The molecule has 1 saturated heterocycles. The van der Waals surface area contributed by atoms with E-state index in [-0.39, 0.29) is 28.8 Å². The lowest BCUT2D eigenvalue weighted by Crippen LogP contribution is -2.46. The van der Waals surface area contributed by atoms with Gasteiger partial charge in [0.05, 0.1) is 18.1 Å². The Morgan fingerprint density at radius 2 is 2.21 bits per heavy atom. The second-order valence-corrected chi connectivity index (χ2v) is 7.10. The number of hydrogen-bond donors (Lipinski definition) is 3. The number of aryl methyl sites for hydroxylation is 1. The summed E-state index contributed by atoms with van der Waals surface area (Å²) in [5.41, 5.74) is 8.00. The van der Waals surface area contributed by atoms with Crippen LogP contribution < -0.4 is 16.4 Å². The fraction of sp³-hybridized carbons (Fsp3) is 0.300. The van der Waals surface area contributed by atoms with Gasteiger partial charge in [-0.25, -0.2) is 14.4 Å². The SMILES string of the molecule is Cn1cc(-c2ccc(F)c(-c3cnc(N)c(C(=O)N[C@H]4CCCNC4)n3)c2)cn1. The number of aromatic nitrogens is 4. The van der Waals surface area contributed by atoms with E-state index >= 15 is 0 Å². The molecule has 1 fully saturated rings. The number of nitrogens with zero attached hydrogens (tertiary/aromatic N) is 4. The highest BCUT2D eigenvalue weighted by molar-refractivity contribution is 5.97. The summed E-state index contributed by atoms with van der Waals surface area (Å²) in [7, 11) is 1.81. The van der Waals surface area contributed by atoms with Crippen LogP contribution >= 0.6 is 0 Å². The molecule has 4 N–H and O–H groups in total. The molecule has 29 heavy (non-hydrogen) atoms. The Hall–Kier alpha value is -3.33. The first-order chi connectivity index (χ1) is 14.0. The molecule has 0 radical (unpaired) electrons. The van der Waals surface area contributed by atoms with Gasteiger partial charge < -0.3 is 16.4 Å². The molecule has 150 valence electrons. The summed E-state index contributed by atoms with van der Waals surface area (Å²) in [5.74, 6) is -0.854. The van der Waals surface area contributed by atoms with Crippen molar-refractivity contribution < 1.29 is 9.18 Å². The highest BCUT2D eigenvalue weighted by Gasteiger charge is 2.21. The van der Waals surface area contributed by atoms with Crippen LogP contribution in [0.25, 0.3) is 22.4 Å². The van der Waals surface area contributed by atoms with E-state index in [0.29, 0.717) is 6.54 Å². The minimum atomic E-state index is -0.459. The molecular formula is C20H22FN7O. The summed E-state index contributed by atoms with van der Waals surface area (Å²) in [6.07, 6.45) is 6.78. The number of anilines is 1. The number of rotatable bonds is 4. The highest BCUT2D eigenvalue weighted by atomic mass is 19.1. The highest BCUT2D eigenvalue weighted by Crippen LogP contribution is 2.28. The van der Waals surface area contributed by atoms with Gasteiger partial charge in [0.1, 0.15) is 5.82 Å². The van der Waals surface area contributed by atoms with E-state index in [4.69, 9.17) is 5.73 Å². The molecule has 0 unspecified atom stereocenters. The van der Waals surface area contributed by atoms with Crippen molar-refractivity contribution in [2.75, 3.05) is 18.8 Å². The van der Waals surface area contributed by atoms with Gasteiger partial charge in [-0.05, 0) is 37.1 Å². The lowest BCUT2D eigenvalue weighted by Gasteiger charge is -2.23. The molecule has 1 amide bonds. The predicted octanol–water partition coefficient (Wildman–Crippen LogP) is 1.75. The van der Waals surface area contributed by atoms with Crippen molar-refractivity contribution in [3.8, 4) is 22.4 Å². The van der Waals surface area contributed by atoms with Gasteiger partial charge in [0.2, 0.25) is 0 Å². The molecule has 1 aromatic carbocycles. The van der Waals surface area contributed by atoms with Crippen LogP contribution in [0, 0.1) is 5.82 Å². The van der Waals surface area contributed by atoms with Crippen LogP contribution in [-0.4, -0.2) is 44.8 Å². The molecule has 2 aromatic heterocycles. The van der Waals surface area contributed by atoms with Crippen molar-refractivity contribution >= 4 is 11.7 Å². The number of nitrogens with one attached hydrogen (secondary N) is 2. The number of hydrogen-bond acceptors (Lipinski definition) is 6. The quantitative estimate of drug-likeness (QED) is 0.621. The zero-order valence-electron chi connectivity index (χ0n) is 16.0. The van der Waals surface area contributed by atoms with Crippen molar-refractivity contribution in [3.05, 3.63) is 48.3 Å². The van der Waals surface area contributed by atoms with Crippen molar-refractivity contribution in [1.82, 2.24) is 30.4 Å². The first kappa shape index (κ1) is 19.0. The molecule has 0 saturated carbocycles. The van der Waals surface area contributed by atoms with Crippen LogP contribution in [0.2, 0.25) is 0 Å². The van der Waals surface area contributed by atoms with Crippen LogP contribution in [-0.2, 0) is 7.05 Å². The Morgan fingerprint density at radius 1 is 1.34 bits per heavy atom. The van der Waals surface area contributed by atoms with E-state index < -0.39 is 11.7 Å². The second-order valence-electron chi connectivity index (χ2n) is 7.10. The largest absolute Gasteiger partial charge is 0.382 e. The number of nitrogen functional groups attached to an aromatic ring is 1. The van der Waals surface area contributed by atoms with Gasteiger partial charge >= 0.3 is 0 Å². The smallest absolute Gasteiger partial charge is 0.274 e. The van der Waals surface area contributed by atoms with E-state index in [1.165, 1.54) is 12.3 Å². The zero-order chi connectivity index (χ0) is 20.4. The van der Waals surface area contributed by atoms with Gasteiger partial charge in [-0.3, -0.25) is 9.48 Å². The number of piperidine rings is 1. The molecule has 3 aromatic rings. The normalized spacial score (nSPS) is 16.6. The summed E-state index contributed by atoms with van der Waals surface area (Å²) in [6.45, 7) is 1.64. The van der Waals surface area contributed by atoms with Crippen molar-refractivity contribution in [1.29, 1.82) is 0 Å². The zero-order valence-corrected chi connectivity index (χ0v) is 16.0. The summed E-state index contributed by atoms with van der Waals surface area (Å²) < 4.78 is 16.2. The van der Waals surface area contributed by atoms with Crippen molar-refractivity contribution in [2.45, 2.75) is 18.9 Å². The van der Waals surface area contributed by atoms with Gasteiger partial charge in [-0.15, -0.1) is 0 Å². The number of halogens is 1. The van der Waals surface area contributed by atoms with Crippen LogP contribution in [0.1, 0.15) is 23.3 Å². The Bertz CT molecular complexity index is 1040. The summed E-state index contributed by atoms with van der Waals surface area (Å²) in [4.78, 5) is 21.1. The lowest BCUT2D eigenvalue weighted by molar-refractivity contribution is 0.0926. The minimum absolute atomic E-state index is 0.000690. The number of carbonyl (C=O) groups is 1. The molecule has 1 atom stereocenters. The van der Waals surface area contributed by atoms with Crippen LogP contribution in [0.5, 0.6) is 0 Å². The van der Waals surface area contributed by atoms with Gasteiger partial charge in [-0.2, -0.15) is 5.10 Å². The van der Waals surface area contributed by atoms with E-state index in [9.17, 15) is 9.18 Å². The average Bonchev–Trinajstić information content (AvgIpc) is 3.16.